The average molecular weight is 310 g/mol. The molecule has 0 spiro atoms. The molecule has 0 unspecified atom stereocenters. The van der Waals surface area contributed by atoms with E-state index in [1.54, 1.807) is 11.9 Å². The van der Waals surface area contributed by atoms with Crippen molar-refractivity contribution in [3.05, 3.63) is 0 Å². The number of ether oxygens (including phenoxy) is 3. The maximum absolute atomic E-state index is 5.47. The van der Waals surface area contributed by atoms with Crippen LogP contribution in [0.2, 0.25) is 0 Å². The van der Waals surface area contributed by atoms with Crippen LogP contribution < -0.4 is 4.72 Å². The fraction of sp³-hybridized carbons (Fsp3) is 1.00. The maximum Gasteiger partial charge on any atom is 0.0701 e. The van der Waals surface area contributed by atoms with Gasteiger partial charge in [-0.2, -0.15) is 0 Å². The van der Waals surface area contributed by atoms with Gasteiger partial charge in [0.05, 0.1) is 33.0 Å². The zero-order valence-corrected chi connectivity index (χ0v) is 14.9. The van der Waals surface area contributed by atoms with Crippen LogP contribution in [0.15, 0.2) is 0 Å². The molecule has 0 saturated heterocycles. The predicted octanol–water partition coefficient (Wildman–Crippen LogP) is 3.37. The molecule has 0 bridgehead atoms. The summed E-state index contributed by atoms with van der Waals surface area (Å²) in [6, 6.07) is 0. The summed E-state index contributed by atoms with van der Waals surface area (Å²) in [6.07, 6.45) is 4.38. The molecule has 20 heavy (non-hydrogen) atoms. The van der Waals surface area contributed by atoms with Gasteiger partial charge < -0.3 is 14.2 Å². The lowest BCUT2D eigenvalue weighted by Gasteiger charge is -2.07. The third-order valence-corrected chi connectivity index (χ3v) is 2.80. The van der Waals surface area contributed by atoms with Crippen molar-refractivity contribution in [1.29, 1.82) is 0 Å². The molecule has 0 aromatic rings. The smallest absolute Gasteiger partial charge is 0.0701 e. The van der Waals surface area contributed by atoms with Crippen molar-refractivity contribution in [2.45, 2.75) is 40.5 Å². The lowest BCUT2D eigenvalue weighted by molar-refractivity contribution is 0.0147. The molecule has 0 aliphatic rings. The molecule has 0 amide bonds. The monoisotopic (exact) mass is 309 g/mol. The summed E-state index contributed by atoms with van der Waals surface area (Å²) in [5.74, 6) is 0.766. The van der Waals surface area contributed by atoms with Crippen LogP contribution in [0.25, 0.3) is 0 Å². The van der Waals surface area contributed by atoms with Crippen LogP contribution in [0.1, 0.15) is 40.5 Å². The SMILES string of the molecule is CC.CSNCCOCCOCCOCCCC(C)C. The Balaban J connectivity index is 0. The Kier molecular flexibility index (Phi) is 24.1. The first-order valence-electron chi connectivity index (χ1n) is 7.76. The van der Waals surface area contributed by atoms with E-state index >= 15 is 0 Å². The highest BCUT2D eigenvalue weighted by Crippen LogP contribution is 2.02. The second-order valence-corrected chi connectivity index (χ2v) is 5.17. The minimum Gasteiger partial charge on any atom is -0.379 e. The molecule has 0 rings (SSSR count). The molecule has 0 aromatic heterocycles. The molecule has 0 atom stereocenters. The number of rotatable bonds is 14. The van der Waals surface area contributed by atoms with Crippen molar-refractivity contribution in [3.63, 3.8) is 0 Å². The second kappa shape index (κ2) is 21.5. The van der Waals surface area contributed by atoms with E-state index in [1.807, 2.05) is 20.1 Å². The van der Waals surface area contributed by atoms with Gasteiger partial charge in [-0.25, -0.2) is 0 Å². The molecule has 0 aliphatic carbocycles. The fourth-order valence-corrected chi connectivity index (χ4v) is 1.64. The van der Waals surface area contributed by atoms with Crippen LogP contribution >= 0.6 is 11.9 Å². The summed E-state index contributed by atoms with van der Waals surface area (Å²) in [5, 5.41) is 0. The molecule has 0 saturated carbocycles. The first-order valence-corrected chi connectivity index (χ1v) is 8.99. The van der Waals surface area contributed by atoms with E-state index in [1.165, 1.54) is 6.42 Å². The lowest BCUT2D eigenvalue weighted by atomic mass is 10.1. The van der Waals surface area contributed by atoms with E-state index in [-0.39, 0.29) is 0 Å². The molecule has 4 nitrogen and oxygen atoms in total. The lowest BCUT2D eigenvalue weighted by Crippen LogP contribution is -2.15. The van der Waals surface area contributed by atoms with E-state index in [9.17, 15) is 0 Å². The average Bonchev–Trinajstić information content (AvgIpc) is 2.46. The van der Waals surface area contributed by atoms with E-state index < -0.39 is 0 Å². The molecular weight excluding hydrogens is 274 g/mol. The Morgan fingerprint density at radius 1 is 0.850 bits per heavy atom. The molecule has 5 heteroatoms. The number of hydrogen-bond acceptors (Lipinski definition) is 5. The molecule has 124 valence electrons. The van der Waals surface area contributed by atoms with Gasteiger partial charge in [0.1, 0.15) is 0 Å². The third-order valence-electron chi connectivity index (χ3n) is 2.31. The van der Waals surface area contributed by atoms with Crippen LogP contribution in [0.5, 0.6) is 0 Å². The Labute approximate surface area is 130 Å². The predicted molar refractivity (Wildman–Crippen MR) is 89.4 cm³/mol. The first-order chi connectivity index (χ1) is 9.77. The van der Waals surface area contributed by atoms with Gasteiger partial charge in [-0.15, -0.1) is 0 Å². The molecular formula is C15H35NO3S. The summed E-state index contributed by atoms with van der Waals surface area (Å²) in [5.41, 5.74) is 0. The Hall–Kier alpha value is 0.190. The summed E-state index contributed by atoms with van der Waals surface area (Å²) < 4.78 is 19.3. The second-order valence-electron chi connectivity index (χ2n) is 4.47. The minimum absolute atomic E-state index is 0.647. The summed E-state index contributed by atoms with van der Waals surface area (Å²) in [4.78, 5) is 0. The van der Waals surface area contributed by atoms with Gasteiger partial charge in [-0.3, -0.25) is 4.72 Å². The number of hydrogen-bond donors (Lipinski definition) is 1. The van der Waals surface area contributed by atoms with Crippen LogP contribution in [0, 0.1) is 5.92 Å². The van der Waals surface area contributed by atoms with Crippen molar-refractivity contribution in [2.75, 3.05) is 52.4 Å². The van der Waals surface area contributed by atoms with Crippen molar-refractivity contribution < 1.29 is 14.2 Å². The van der Waals surface area contributed by atoms with E-state index in [4.69, 9.17) is 14.2 Å². The highest BCUT2D eigenvalue weighted by molar-refractivity contribution is 7.96. The van der Waals surface area contributed by atoms with Gasteiger partial charge in [0.25, 0.3) is 0 Å². The Bertz CT molecular complexity index is 160. The largest absolute Gasteiger partial charge is 0.379 e. The van der Waals surface area contributed by atoms with E-state index in [2.05, 4.69) is 18.6 Å². The van der Waals surface area contributed by atoms with Gasteiger partial charge in [-0.1, -0.05) is 39.6 Å². The normalized spacial score (nSPS) is 10.5. The maximum atomic E-state index is 5.47. The van der Waals surface area contributed by atoms with E-state index in [0.29, 0.717) is 26.4 Å². The highest BCUT2D eigenvalue weighted by Gasteiger charge is 1.94. The standard InChI is InChI=1S/C13H29NO3S.C2H6/c1-13(2)5-4-7-15-9-11-17-12-10-16-8-6-14-18-3;1-2/h13-14H,4-12H2,1-3H3;1-2H3. The summed E-state index contributed by atoms with van der Waals surface area (Å²) in [6.45, 7) is 13.6. The van der Waals surface area contributed by atoms with Gasteiger partial charge >= 0.3 is 0 Å². The van der Waals surface area contributed by atoms with Crippen molar-refractivity contribution in [3.8, 4) is 0 Å². The molecule has 0 fully saturated rings. The molecule has 1 N–H and O–H groups in total. The Morgan fingerprint density at radius 2 is 1.35 bits per heavy atom. The minimum atomic E-state index is 0.647. The molecule has 0 aromatic carbocycles. The van der Waals surface area contributed by atoms with Crippen LogP contribution in [0.4, 0.5) is 0 Å². The highest BCUT2D eigenvalue weighted by atomic mass is 32.2. The zero-order valence-electron chi connectivity index (χ0n) is 14.1. The van der Waals surface area contributed by atoms with Crippen LogP contribution in [0.3, 0.4) is 0 Å². The molecule has 0 aliphatic heterocycles. The van der Waals surface area contributed by atoms with E-state index in [0.717, 1.165) is 32.1 Å². The molecule has 0 heterocycles. The third kappa shape index (κ3) is 23.3. The van der Waals surface area contributed by atoms with Crippen molar-refractivity contribution in [2.24, 2.45) is 5.92 Å². The van der Waals surface area contributed by atoms with Gasteiger partial charge in [0.15, 0.2) is 0 Å². The zero-order chi connectivity index (χ0) is 15.5. The van der Waals surface area contributed by atoms with Gasteiger partial charge in [0, 0.05) is 13.2 Å². The van der Waals surface area contributed by atoms with Crippen LogP contribution in [-0.2, 0) is 14.2 Å². The summed E-state index contributed by atoms with van der Waals surface area (Å²) >= 11 is 1.61. The van der Waals surface area contributed by atoms with Gasteiger partial charge in [-0.05, 0) is 25.0 Å². The Morgan fingerprint density at radius 3 is 1.85 bits per heavy atom. The van der Waals surface area contributed by atoms with Crippen molar-refractivity contribution >= 4 is 11.9 Å². The quantitative estimate of drug-likeness (QED) is 0.393. The van der Waals surface area contributed by atoms with Crippen molar-refractivity contribution in [1.82, 2.24) is 4.72 Å². The fourth-order valence-electron chi connectivity index (χ4n) is 1.35. The first kappa shape index (κ1) is 22.5. The topological polar surface area (TPSA) is 39.7 Å². The summed E-state index contributed by atoms with van der Waals surface area (Å²) in [7, 11) is 0. The van der Waals surface area contributed by atoms with Crippen LogP contribution in [-0.4, -0.2) is 52.4 Å². The van der Waals surface area contributed by atoms with Gasteiger partial charge in [0.2, 0.25) is 0 Å². The number of nitrogens with one attached hydrogen (secondary N) is 1. The molecule has 0 radical (unpaired) electrons.